The zero-order valence-corrected chi connectivity index (χ0v) is 11.5. The van der Waals surface area contributed by atoms with Crippen molar-refractivity contribution in [3.63, 3.8) is 0 Å². The van der Waals surface area contributed by atoms with E-state index in [0.717, 1.165) is 5.56 Å². The number of aliphatic hydroxyl groups is 1. The highest BCUT2D eigenvalue weighted by Crippen LogP contribution is 2.16. The van der Waals surface area contributed by atoms with Crippen molar-refractivity contribution >= 4 is 5.91 Å². The number of benzene rings is 2. The molecule has 1 amide bonds. The van der Waals surface area contributed by atoms with Crippen molar-refractivity contribution in [2.45, 2.75) is 5.92 Å². The molecule has 0 fully saturated rings. The van der Waals surface area contributed by atoms with Crippen LogP contribution in [0.5, 0.6) is 0 Å². The lowest BCUT2D eigenvalue weighted by Gasteiger charge is -2.16. The Hall–Kier alpha value is -2.34. The second-order valence-electron chi connectivity index (χ2n) is 4.74. The first kappa shape index (κ1) is 16.0. The first-order valence-electron chi connectivity index (χ1n) is 6.61. The van der Waals surface area contributed by atoms with Crippen LogP contribution in [-0.2, 0) is 0 Å². The molecule has 116 valence electrons. The molecular weight excluding hydrogens is 295 g/mol. The van der Waals surface area contributed by atoms with Gasteiger partial charge < -0.3 is 10.4 Å². The molecule has 2 aromatic rings. The number of aliphatic hydroxyl groups excluding tert-OH is 1. The van der Waals surface area contributed by atoms with Crippen molar-refractivity contribution in [3.05, 3.63) is 71.0 Å². The van der Waals surface area contributed by atoms with E-state index >= 15 is 0 Å². The first-order valence-corrected chi connectivity index (χ1v) is 6.61. The summed E-state index contributed by atoms with van der Waals surface area (Å²) in [6.07, 6.45) is 0. The van der Waals surface area contributed by atoms with Crippen molar-refractivity contribution in [1.29, 1.82) is 0 Å². The van der Waals surface area contributed by atoms with E-state index in [1.165, 1.54) is 0 Å². The number of carbonyl (C=O) groups excluding carboxylic acids is 1. The standard InChI is InChI=1S/C16H14F3NO2/c17-12-6-13(18)15(14(19)7-12)16(22)20-8-11(9-21)10-4-2-1-3-5-10/h1-7,11,21H,8-9H2,(H,20,22)/t11-/m0/s1. The Kier molecular flexibility index (Phi) is 5.16. The highest BCUT2D eigenvalue weighted by molar-refractivity contribution is 5.94. The van der Waals surface area contributed by atoms with Crippen molar-refractivity contribution in [2.24, 2.45) is 0 Å². The molecule has 1 atom stereocenters. The van der Waals surface area contributed by atoms with Gasteiger partial charge in [-0.2, -0.15) is 0 Å². The molecule has 0 aliphatic carbocycles. The number of rotatable bonds is 5. The van der Waals surface area contributed by atoms with E-state index in [0.29, 0.717) is 12.1 Å². The van der Waals surface area contributed by atoms with E-state index in [4.69, 9.17) is 0 Å². The van der Waals surface area contributed by atoms with Gasteiger partial charge in [-0.25, -0.2) is 13.2 Å². The van der Waals surface area contributed by atoms with Gasteiger partial charge in [0, 0.05) is 24.6 Å². The quantitative estimate of drug-likeness (QED) is 0.892. The third kappa shape index (κ3) is 3.65. The van der Waals surface area contributed by atoms with Crippen LogP contribution in [0.4, 0.5) is 13.2 Å². The van der Waals surface area contributed by atoms with Crippen LogP contribution in [0.3, 0.4) is 0 Å². The number of nitrogens with one attached hydrogen (secondary N) is 1. The molecule has 2 rings (SSSR count). The van der Waals surface area contributed by atoms with E-state index in [9.17, 15) is 23.1 Å². The SMILES string of the molecule is O=C(NC[C@@H](CO)c1ccccc1)c1c(F)cc(F)cc1F. The van der Waals surface area contributed by atoms with Crippen LogP contribution in [0.1, 0.15) is 21.8 Å². The second kappa shape index (κ2) is 7.09. The minimum atomic E-state index is -1.27. The Balaban J connectivity index is 2.10. The van der Waals surface area contributed by atoms with Crippen LogP contribution in [0, 0.1) is 17.5 Å². The fourth-order valence-corrected chi connectivity index (χ4v) is 2.08. The average molecular weight is 309 g/mol. The van der Waals surface area contributed by atoms with Gasteiger partial charge in [0.2, 0.25) is 0 Å². The summed E-state index contributed by atoms with van der Waals surface area (Å²) < 4.78 is 39.8. The molecular formula is C16H14F3NO2. The van der Waals surface area contributed by atoms with E-state index in [1.54, 1.807) is 30.3 Å². The third-order valence-electron chi connectivity index (χ3n) is 3.23. The third-order valence-corrected chi connectivity index (χ3v) is 3.23. The Morgan fingerprint density at radius 2 is 1.68 bits per heavy atom. The summed E-state index contributed by atoms with van der Waals surface area (Å²) in [4.78, 5) is 11.9. The minimum absolute atomic E-state index is 0.00436. The molecule has 0 aromatic heterocycles. The van der Waals surface area contributed by atoms with Crippen LogP contribution >= 0.6 is 0 Å². The largest absolute Gasteiger partial charge is 0.396 e. The smallest absolute Gasteiger partial charge is 0.257 e. The first-order chi connectivity index (χ1) is 10.5. The number of hydrogen-bond donors (Lipinski definition) is 2. The summed E-state index contributed by atoms with van der Waals surface area (Å²) in [5.41, 5.74) is -0.0588. The maximum atomic E-state index is 13.5. The summed E-state index contributed by atoms with van der Waals surface area (Å²) in [7, 11) is 0. The molecule has 0 aliphatic heterocycles. The van der Waals surface area contributed by atoms with Gasteiger partial charge in [0.25, 0.3) is 5.91 Å². The van der Waals surface area contributed by atoms with Gasteiger partial charge in [-0.1, -0.05) is 30.3 Å². The molecule has 0 unspecified atom stereocenters. The van der Waals surface area contributed by atoms with Gasteiger partial charge in [-0.15, -0.1) is 0 Å². The molecule has 22 heavy (non-hydrogen) atoms. The summed E-state index contributed by atoms with van der Waals surface area (Å²) in [5, 5.41) is 11.7. The van der Waals surface area contributed by atoms with Crippen molar-refractivity contribution < 1.29 is 23.1 Å². The zero-order valence-electron chi connectivity index (χ0n) is 11.5. The van der Waals surface area contributed by atoms with Crippen LogP contribution < -0.4 is 5.32 Å². The van der Waals surface area contributed by atoms with Crippen molar-refractivity contribution in [3.8, 4) is 0 Å². The molecule has 6 heteroatoms. The van der Waals surface area contributed by atoms with Crippen molar-refractivity contribution in [2.75, 3.05) is 13.2 Å². The van der Waals surface area contributed by atoms with E-state index in [-0.39, 0.29) is 13.2 Å². The van der Waals surface area contributed by atoms with Crippen LogP contribution in [0.2, 0.25) is 0 Å². The molecule has 0 aliphatic rings. The fourth-order valence-electron chi connectivity index (χ4n) is 2.08. The Labute approximate surface area is 125 Å². The molecule has 0 spiro atoms. The molecule has 0 heterocycles. The van der Waals surface area contributed by atoms with E-state index in [2.05, 4.69) is 5.32 Å². The minimum Gasteiger partial charge on any atom is -0.396 e. The lowest BCUT2D eigenvalue weighted by Crippen LogP contribution is -2.31. The lowest BCUT2D eigenvalue weighted by atomic mass is 10.00. The highest BCUT2D eigenvalue weighted by atomic mass is 19.1. The van der Waals surface area contributed by atoms with Gasteiger partial charge >= 0.3 is 0 Å². The van der Waals surface area contributed by atoms with Gasteiger partial charge in [0.05, 0.1) is 6.61 Å². The Morgan fingerprint density at radius 3 is 2.23 bits per heavy atom. The highest BCUT2D eigenvalue weighted by Gasteiger charge is 2.20. The molecule has 0 saturated heterocycles. The van der Waals surface area contributed by atoms with E-state index < -0.39 is 34.8 Å². The monoisotopic (exact) mass is 309 g/mol. The zero-order chi connectivity index (χ0) is 16.1. The van der Waals surface area contributed by atoms with Crippen molar-refractivity contribution in [1.82, 2.24) is 5.32 Å². The van der Waals surface area contributed by atoms with Crippen LogP contribution in [0.15, 0.2) is 42.5 Å². The Morgan fingerprint density at radius 1 is 1.09 bits per heavy atom. The summed E-state index contributed by atoms with van der Waals surface area (Å²) in [5.74, 6) is -5.03. The topological polar surface area (TPSA) is 49.3 Å². The number of halogens is 3. The van der Waals surface area contributed by atoms with Gasteiger partial charge in [-0.3, -0.25) is 4.79 Å². The number of amides is 1. The number of hydrogen-bond acceptors (Lipinski definition) is 2. The van der Waals surface area contributed by atoms with Gasteiger partial charge in [-0.05, 0) is 5.56 Å². The summed E-state index contributed by atoms with van der Waals surface area (Å²) >= 11 is 0. The normalized spacial score (nSPS) is 12.0. The second-order valence-corrected chi connectivity index (χ2v) is 4.74. The van der Waals surface area contributed by atoms with Gasteiger partial charge in [0.15, 0.2) is 0 Å². The number of carbonyl (C=O) groups is 1. The lowest BCUT2D eigenvalue weighted by molar-refractivity contribution is 0.0939. The molecule has 2 aromatic carbocycles. The summed E-state index contributed by atoms with van der Waals surface area (Å²) in [6.45, 7) is -0.242. The van der Waals surface area contributed by atoms with Gasteiger partial charge in [0.1, 0.15) is 23.0 Å². The molecule has 0 radical (unpaired) electrons. The average Bonchev–Trinajstić information content (AvgIpc) is 2.48. The Bertz CT molecular complexity index is 639. The molecule has 2 N–H and O–H groups in total. The maximum Gasteiger partial charge on any atom is 0.257 e. The molecule has 0 saturated carbocycles. The molecule has 0 bridgehead atoms. The summed E-state index contributed by atoms with van der Waals surface area (Å²) in [6, 6.07) is 9.79. The van der Waals surface area contributed by atoms with E-state index in [1.807, 2.05) is 0 Å². The molecule has 3 nitrogen and oxygen atoms in total. The van der Waals surface area contributed by atoms with Crippen LogP contribution in [-0.4, -0.2) is 24.2 Å². The predicted octanol–water partition coefficient (Wildman–Crippen LogP) is 2.61. The van der Waals surface area contributed by atoms with Crippen LogP contribution in [0.25, 0.3) is 0 Å². The predicted molar refractivity (Wildman–Crippen MR) is 74.9 cm³/mol. The maximum absolute atomic E-state index is 13.5. The fraction of sp³-hybridized carbons (Fsp3) is 0.188.